The van der Waals surface area contributed by atoms with Gasteiger partial charge in [0.1, 0.15) is 31.0 Å². The van der Waals surface area contributed by atoms with Crippen LogP contribution in [0, 0.1) is 0 Å². The Morgan fingerprint density at radius 3 is 1.86 bits per heavy atom. The summed E-state index contributed by atoms with van der Waals surface area (Å²) in [5.41, 5.74) is 0. The van der Waals surface area contributed by atoms with E-state index < -0.39 is 24.4 Å². The van der Waals surface area contributed by atoms with Crippen molar-refractivity contribution in [3.8, 4) is 0 Å². The van der Waals surface area contributed by atoms with Gasteiger partial charge in [0.25, 0.3) is 0 Å². The van der Waals surface area contributed by atoms with Gasteiger partial charge in [0, 0.05) is 6.42 Å². The van der Waals surface area contributed by atoms with Gasteiger partial charge in [0.05, 0.1) is 6.61 Å². The molecule has 28 heavy (non-hydrogen) atoms. The largest absolute Gasteiger partial charge is 0.463 e. The van der Waals surface area contributed by atoms with E-state index in [0.717, 1.165) is 19.3 Å². The van der Waals surface area contributed by atoms with E-state index in [1.54, 1.807) is 0 Å². The number of hydrogen-bond donors (Lipinski definition) is 3. The van der Waals surface area contributed by atoms with Crippen LogP contribution in [-0.4, -0.2) is 58.9 Å². The first-order valence-electron chi connectivity index (χ1n) is 11.4. The average Bonchev–Trinajstić information content (AvgIpc) is 2.69. The molecule has 1 fully saturated rings. The van der Waals surface area contributed by atoms with Crippen molar-refractivity contribution in [2.75, 3.05) is 13.2 Å². The maximum absolute atomic E-state index is 11.8. The Bertz CT molecular complexity index is 389. The second-order valence-electron chi connectivity index (χ2n) is 8.10. The smallest absolute Gasteiger partial charge is 0.305 e. The molecule has 4 atom stereocenters. The summed E-state index contributed by atoms with van der Waals surface area (Å²) in [7, 11) is 0. The Labute approximate surface area is 170 Å². The molecule has 0 aromatic carbocycles. The summed E-state index contributed by atoms with van der Waals surface area (Å²) in [6.45, 7) is 2.08. The summed E-state index contributed by atoms with van der Waals surface area (Å²) >= 11 is 0. The highest BCUT2D eigenvalue weighted by Crippen LogP contribution is 2.17. The van der Waals surface area contributed by atoms with Crippen molar-refractivity contribution in [2.45, 2.75) is 121 Å². The third-order valence-corrected chi connectivity index (χ3v) is 5.50. The number of aliphatic hydroxyl groups is 3. The van der Waals surface area contributed by atoms with Gasteiger partial charge in [-0.3, -0.25) is 4.79 Å². The first kappa shape index (κ1) is 25.3. The van der Waals surface area contributed by atoms with Gasteiger partial charge in [0.2, 0.25) is 0 Å². The number of unbranched alkanes of at least 4 members (excludes halogenated alkanes) is 12. The fourth-order valence-corrected chi connectivity index (χ4v) is 3.55. The van der Waals surface area contributed by atoms with E-state index >= 15 is 0 Å². The molecule has 6 nitrogen and oxygen atoms in total. The fourth-order valence-electron chi connectivity index (χ4n) is 3.55. The second kappa shape index (κ2) is 16.1. The van der Waals surface area contributed by atoms with E-state index in [-0.39, 0.29) is 19.2 Å². The highest BCUT2D eigenvalue weighted by Gasteiger charge is 2.38. The van der Waals surface area contributed by atoms with Crippen molar-refractivity contribution in [3.63, 3.8) is 0 Å². The minimum absolute atomic E-state index is 0.0701. The zero-order valence-electron chi connectivity index (χ0n) is 17.7. The molecule has 0 radical (unpaired) electrons. The van der Waals surface area contributed by atoms with E-state index in [1.807, 2.05) is 0 Å². The standard InChI is InChI=1S/C22H42O6/c1-2-3-4-5-6-7-8-9-10-11-12-13-14-15-20(24)28-17-19-22(26)21(25)18(23)16-27-19/h18-19,21-23,25-26H,2-17H2,1H3. The molecule has 1 rings (SSSR count). The van der Waals surface area contributed by atoms with Gasteiger partial charge in [-0.15, -0.1) is 0 Å². The van der Waals surface area contributed by atoms with Crippen molar-refractivity contribution < 1.29 is 29.6 Å². The van der Waals surface area contributed by atoms with E-state index in [1.165, 1.54) is 64.2 Å². The average molecular weight is 403 g/mol. The molecular formula is C22H42O6. The molecule has 4 unspecified atom stereocenters. The van der Waals surface area contributed by atoms with E-state index in [4.69, 9.17) is 9.47 Å². The Morgan fingerprint density at radius 1 is 0.821 bits per heavy atom. The van der Waals surface area contributed by atoms with Crippen LogP contribution in [0.5, 0.6) is 0 Å². The molecule has 6 heteroatoms. The number of carbonyl (C=O) groups is 1. The topological polar surface area (TPSA) is 96.2 Å². The van der Waals surface area contributed by atoms with Crippen LogP contribution in [0.25, 0.3) is 0 Å². The van der Waals surface area contributed by atoms with Crippen LogP contribution < -0.4 is 0 Å². The van der Waals surface area contributed by atoms with Crippen LogP contribution in [0.1, 0.15) is 96.8 Å². The maximum atomic E-state index is 11.8. The maximum Gasteiger partial charge on any atom is 0.305 e. The van der Waals surface area contributed by atoms with Crippen molar-refractivity contribution in [1.29, 1.82) is 0 Å². The van der Waals surface area contributed by atoms with Crippen LogP contribution in [0.15, 0.2) is 0 Å². The highest BCUT2D eigenvalue weighted by atomic mass is 16.6. The Kier molecular flexibility index (Phi) is 14.6. The molecule has 0 spiro atoms. The van der Waals surface area contributed by atoms with Gasteiger partial charge in [0.15, 0.2) is 0 Å². The van der Waals surface area contributed by atoms with Crippen LogP contribution in [0.3, 0.4) is 0 Å². The third-order valence-electron chi connectivity index (χ3n) is 5.50. The SMILES string of the molecule is CCCCCCCCCCCCCCCC(=O)OCC1OCC(O)C(O)C1O. The summed E-state index contributed by atoms with van der Waals surface area (Å²) in [6.07, 6.45) is 12.3. The Balaban J connectivity index is 1.88. The van der Waals surface area contributed by atoms with Crippen molar-refractivity contribution in [2.24, 2.45) is 0 Å². The predicted octanol–water partition coefficient (Wildman–Crippen LogP) is 3.49. The fraction of sp³-hybridized carbons (Fsp3) is 0.955. The molecule has 0 amide bonds. The molecule has 3 N–H and O–H groups in total. The normalized spacial score (nSPS) is 25.0. The van der Waals surface area contributed by atoms with Crippen LogP contribution in [0.4, 0.5) is 0 Å². The van der Waals surface area contributed by atoms with Crippen LogP contribution in [-0.2, 0) is 14.3 Å². The zero-order valence-corrected chi connectivity index (χ0v) is 17.7. The molecule has 1 aliphatic rings. The summed E-state index contributed by atoms with van der Waals surface area (Å²) in [5.74, 6) is -0.306. The van der Waals surface area contributed by atoms with Crippen molar-refractivity contribution in [1.82, 2.24) is 0 Å². The lowest BCUT2D eigenvalue weighted by atomic mass is 10.0. The molecular weight excluding hydrogens is 360 g/mol. The van der Waals surface area contributed by atoms with Gasteiger partial charge in [-0.05, 0) is 6.42 Å². The monoisotopic (exact) mass is 402 g/mol. The Morgan fingerprint density at radius 2 is 1.32 bits per heavy atom. The summed E-state index contributed by atoms with van der Waals surface area (Å²) in [6, 6.07) is 0. The number of ether oxygens (including phenoxy) is 2. The number of esters is 1. The van der Waals surface area contributed by atoms with Gasteiger partial charge in [-0.25, -0.2) is 0 Å². The van der Waals surface area contributed by atoms with Crippen molar-refractivity contribution >= 4 is 5.97 Å². The molecule has 0 bridgehead atoms. The molecule has 0 aromatic rings. The quantitative estimate of drug-likeness (QED) is 0.270. The number of rotatable bonds is 16. The minimum atomic E-state index is -1.27. The lowest BCUT2D eigenvalue weighted by Gasteiger charge is -2.34. The Hall–Kier alpha value is -0.690. The van der Waals surface area contributed by atoms with Gasteiger partial charge in [-0.1, -0.05) is 84.0 Å². The van der Waals surface area contributed by atoms with Crippen LogP contribution in [0.2, 0.25) is 0 Å². The molecule has 166 valence electrons. The summed E-state index contributed by atoms with van der Waals surface area (Å²) in [5, 5.41) is 28.8. The van der Waals surface area contributed by atoms with Gasteiger partial charge >= 0.3 is 5.97 Å². The predicted molar refractivity (Wildman–Crippen MR) is 109 cm³/mol. The molecule has 0 aliphatic carbocycles. The zero-order chi connectivity index (χ0) is 20.6. The van der Waals surface area contributed by atoms with Gasteiger partial charge < -0.3 is 24.8 Å². The summed E-state index contributed by atoms with van der Waals surface area (Å²) < 4.78 is 10.3. The molecule has 1 heterocycles. The number of carbonyl (C=O) groups excluding carboxylic acids is 1. The minimum Gasteiger partial charge on any atom is -0.463 e. The molecule has 0 aromatic heterocycles. The van der Waals surface area contributed by atoms with E-state index in [9.17, 15) is 20.1 Å². The highest BCUT2D eigenvalue weighted by molar-refractivity contribution is 5.69. The number of aliphatic hydroxyl groups excluding tert-OH is 3. The summed E-state index contributed by atoms with van der Waals surface area (Å²) in [4.78, 5) is 11.8. The lowest BCUT2D eigenvalue weighted by Crippen LogP contribution is -2.54. The molecule has 1 saturated heterocycles. The molecule has 0 saturated carbocycles. The van der Waals surface area contributed by atoms with E-state index in [0.29, 0.717) is 6.42 Å². The first-order chi connectivity index (χ1) is 13.6. The number of hydrogen-bond acceptors (Lipinski definition) is 6. The van der Waals surface area contributed by atoms with Crippen LogP contribution >= 0.6 is 0 Å². The van der Waals surface area contributed by atoms with E-state index in [2.05, 4.69) is 6.92 Å². The third kappa shape index (κ3) is 11.3. The second-order valence-corrected chi connectivity index (χ2v) is 8.10. The molecule has 1 aliphatic heterocycles. The first-order valence-corrected chi connectivity index (χ1v) is 11.4. The van der Waals surface area contributed by atoms with Crippen molar-refractivity contribution in [3.05, 3.63) is 0 Å². The van der Waals surface area contributed by atoms with Gasteiger partial charge in [-0.2, -0.15) is 0 Å². The lowest BCUT2D eigenvalue weighted by molar-refractivity contribution is -0.201.